The molecule has 0 radical (unpaired) electrons. The first-order valence-corrected chi connectivity index (χ1v) is 11.0. The van der Waals surface area contributed by atoms with Gasteiger partial charge in [-0.25, -0.2) is 0 Å². The number of aliphatic hydroxyl groups is 1. The van der Waals surface area contributed by atoms with Crippen LogP contribution in [0.25, 0.3) is 0 Å². The molecule has 1 amide bonds. The van der Waals surface area contributed by atoms with Gasteiger partial charge in [0.2, 0.25) is 5.91 Å². The van der Waals surface area contributed by atoms with Crippen molar-refractivity contribution >= 4 is 11.6 Å². The Morgan fingerprint density at radius 1 is 1.03 bits per heavy atom. The van der Waals surface area contributed by atoms with Crippen LogP contribution >= 0.6 is 0 Å². The third kappa shape index (κ3) is 7.43. The summed E-state index contributed by atoms with van der Waals surface area (Å²) < 4.78 is 5.67. The van der Waals surface area contributed by atoms with E-state index in [1.807, 2.05) is 32.0 Å². The topological polar surface area (TPSA) is 65.0 Å². The van der Waals surface area contributed by atoms with Crippen LogP contribution < -0.4 is 5.32 Å². The number of aliphatic hydroxyl groups excluding tert-OH is 1. The van der Waals surface area contributed by atoms with Crippen molar-refractivity contribution in [1.82, 2.24) is 9.80 Å². The number of nitrogens with zero attached hydrogens (tertiary/aromatic N) is 2. The van der Waals surface area contributed by atoms with E-state index in [0.29, 0.717) is 26.3 Å². The molecule has 1 fully saturated rings. The Kier molecular flexibility index (Phi) is 8.60. The van der Waals surface area contributed by atoms with Crippen molar-refractivity contribution in [3.8, 4) is 0 Å². The number of anilines is 1. The summed E-state index contributed by atoms with van der Waals surface area (Å²) >= 11 is 0. The second-order valence-electron chi connectivity index (χ2n) is 8.55. The fraction of sp³-hybridized carbons (Fsp3) is 0.480. The van der Waals surface area contributed by atoms with Gasteiger partial charge >= 0.3 is 0 Å². The number of rotatable bonds is 9. The first kappa shape index (κ1) is 23.4. The lowest BCUT2D eigenvalue weighted by Crippen LogP contribution is -2.50. The van der Waals surface area contributed by atoms with E-state index in [-0.39, 0.29) is 7.33 Å². The summed E-state index contributed by atoms with van der Waals surface area (Å²) in [7, 11) is 0. The molecule has 31 heavy (non-hydrogen) atoms. The van der Waals surface area contributed by atoms with E-state index in [0.717, 1.165) is 48.6 Å². The van der Waals surface area contributed by atoms with Crippen molar-refractivity contribution in [2.24, 2.45) is 0 Å². The average Bonchev–Trinajstić information content (AvgIpc) is 2.74. The van der Waals surface area contributed by atoms with Crippen molar-refractivity contribution in [3.05, 3.63) is 64.7 Å². The minimum absolute atomic E-state index is 0. The van der Waals surface area contributed by atoms with Crippen LogP contribution in [0, 0.1) is 20.8 Å². The summed E-state index contributed by atoms with van der Waals surface area (Å²) in [6, 6.07) is 14.3. The monoisotopic (exact) mass is 427 g/mol. The molecule has 0 spiro atoms. The summed E-state index contributed by atoms with van der Waals surface area (Å²) in [6.07, 6.45) is -0.510. The zero-order valence-electron chi connectivity index (χ0n) is 18.9. The van der Waals surface area contributed by atoms with Crippen molar-refractivity contribution in [1.29, 1.82) is 0 Å². The summed E-state index contributed by atoms with van der Waals surface area (Å²) in [4.78, 5) is 16.9. The van der Waals surface area contributed by atoms with Crippen LogP contribution in [0.3, 0.4) is 0 Å². The van der Waals surface area contributed by atoms with Crippen LogP contribution in [-0.2, 0) is 16.1 Å². The Labute approximate surface area is 187 Å². The molecule has 0 saturated carbocycles. The highest BCUT2D eigenvalue weighted by atomic mass is 16.5. The molecule has 2 aromatic rings. The Morgan fingerprint density at radius 3 is 2.29 bits per heavy atom. The van der Waals surface area contributed by atoms with Gasteiger partial charge in [0.05, 0.1) is 25.9 Å². The quantitative estimate of drug-likeness (QED) is 0.644. The predicted octanol–water partition coefficient (Wildman–Crippen LogP) is 2.99. The zero-order valence-corrected chi connectivity index (χ0v) is 18.9. The van der Waals surface area contributed by atoms with Gasteiger partial charge in [-0.05, 0) is 37.5 Å². The molecular formula is C25H37N3O3. The van der Waals surface area contributed by atoms with Gasteiger partial charge in [-0.2, -0.15) is 0 Å². The smallest absolute Gasteiger partial charge is 0.238 e. The Balaban J connectivity index is 0.00000363. The van der Waals surface area contributed by atoms with E-state index in [9.17, 15) is 9.90 Å². The zero-order chi connectivity index (χ0) is 22.2. The van der Waals surface area contributed by atoms with E-state index in [1.54, 1.807) is 0 Å². The van der Waals surface area contributed by atoms with Gasteiger partial charge in [0.25, 0.3) is 0 Å². The van der Waals surface area contributed by atoms with E-state index < -0.39 is 6.10 Å². The van der Waals surface area contributed by atoms with Crippen molar-refractivity contribution in [2.75, 3.05) is 51.2 Å². The Morgan fingerprint density at radius 2 is 1.65 bits per heavy atom. The molecule has 1 saturated heterocycles. The summed E-state index contributed by atoms with van der Waals surface area (Å²) in [6.45, 7) is 11.2. The summed E-state index contributed by atoms with van der Waals surface area (Å²) in [5, 5.41) is 13.4. The SMILES string of the molecule is Cc1ccc(COCC(O)CN2CCN(CC(=O)Nc3c(C)cccc3C)CC2)cc1.[HH]. The van der Waals surface area contributed by atoms with Crippen LogP contribution in [-0.4, -0.2) is 72.8 Å². The van der Waals surface area contributed by atoms with Crippen molar-refractivity contribution in [3.63, 3.8) is 0 Å². The summed E-state index contributed by atoms with van der Waals surface area (Å²) in [5.74, 6) is 0.0235. The normalized spacial score (nSPS) is 16.3. The van der Waals surface area contributed by atoms with Crippen LogP contribution in [0.15, 0.2) is 42.5 Å². The number of β-amino-alcohol motifs (C(OH)–C–C–N with tert-alkyl or cyclic N) is 1. The van der Waals surface area contributed by atoms with Gasteiger partial charge in [0.1, 0.15) is 0 Å². The molecule has 3 rings (SSSR count). The average molecular weight is 428 g/mol. The maximum absolute atomic E-state index is 12.5. The number of ether oxygens (including phenoxy) is 1. The molecule has 0 aromatic heterocycles. The fourth-order valence-electron chi connectivity index (χ4n) is 3.87. The number of aryl methyl sites for hydroxylation is 3. The molecule has 1 atom stereocenters. The first-order valence-electron chi connectivity index (χ1n) is 11.0. The number of piperazine rings is 1. The first-order chi connectivity index (χ1) is 14.9. The lowest BCUT2D eigenvalue weighted by Gasteiger charge is -2.35. The van der Waals surface area contributed by atoms with Gasteiger partial charge in [0, 0.05) is 39.8 Å². The van der Waals surface area contributed by atoms with Crippen molar-refractivity contribution in [2.45, 2.75) is 33.5 Å². The predicted molar refractivity (Wildman–Crippen MR) is 126 cm³/mol. The third-order valence-electron chi connectivity index (χ3n) is 5.75. The largest absolute Gasteiger partial charge is 0.389 e. The lowest BCUT2D eigenvalue weighted by atomic mass is 10.1. The van der Waals surface area contributed by atoms with E-state index in [1.165, 1.54) is 5.56 Å². The molecule has 1 aliphatic heterocycles. The van der Waals surface area contributed by atoms with Crippen LogP contribution in [0.1, 0.15) is 23.7 Å². The van der Waals surface area contributed by atoms with Crippen molar-refractivity contribution < 1.29 is 16.1 Å². The highest BCUT2D eigenvalue weighted by Gasteiger charge is 2.21. The van der Waals surface area contributed by atoms with Gasteiger partial charge < -0.3 is 15.2 Å². The van der Waals surface area contributed by atoms with Crippen LogP contribution in [0.2, 0.25) is 0 Å². The minimum Gasteiger partial charge on any atom is -0.389 e. The fourth-order valence-corrected chi connectivity index (χ4v) is 3.87. The number of carbonyl (C=O) groups is 1. The molecule has 6 nitrogen and oxygen atoms in total. The minimum atomic E-state index is -0.510. The summed E-state index contributed by atoms with van der Waals surface area (Å²) in [5.41, 5.74) is 5.42. The van der Waals surface area contributed by atoms with E-state index >= 15 is 0 Å². The molecule has 2 aromatic carbocycles. The maximum Gasteiger partial charge on any atom is 0.238 e. The molecule has 170 valence electrons. The number of amides is 1. The molecule has 0 aliphatic carbocycles. The van der Waals surface area contributed by atoms with Gasteiger partial charge in [0.15, 0.2) is 0 Å². The van der Waals surface area contributed by atoms with Gasteiger partial charge in [-0.1, -0.05) is 48.0 Å². The second-order valence-corrected chi connectivity index (χ2v) is 8.55. The van der Waals surface area contributed by atoms with Gasteiger partial charge in [-0.15, -0.1) is 0 Å². The molecule has 0 bridgehead atoms. The highest BCUT2D eigenvalue weighted by molar-refractivity contribution is 5.93. The standard InChI is InChI=1S/C25H35N3O3.H2/c1-19-7-9-22(10-8-19)17-31-18-23(29)15-27-11-13-28(14-12-27)16-24(30)26-25-20(2)5-4-6-21(25)3;/h4-10,23,29H,11-18H2,1-3H3,(H,26,30);1H. The number of carbonyl (C=O) groups excluding carboxylic acids is 1. The molecular weight excluding hydrogens is 390 g/mol. The van der Waals surface area contributed by atoms with E-state index in [2.05, 4.69) is 46.3 Å². The highest BCUT2D eigenvalue weighted by Crippen LogP contribution is 2.19. The number of para-hydroxylation sites is 1. The van der Waals surface area contributed by atoms with Crippen LogP contribution in [0.5, 0.6) is 0 Å². The molecule has 1 aliphatic rings. The number of benzene rings is 2. The van der Waals surface area contributed by atoms with Crippen LogP contribution in [0.4, 0.5) is 5.69 Å². The van der Waals surface area contributed by atoms with E-state index in [4.69, 9.17) is 4.74 Å². The second kappa shape index (κ2) is 11.4. The number of nitrogens with one attached hydrogen (secondary N) is 1. The lowest BCUT2D eigenvalue weighted by molar-refractivity contribution is -0.117. The number of hydrogen-bond acceptors (Lipinski definition) is 5. The Hall–Kier alpha value is -2.25. The van der Waals surface area contributed by atoms with Gasteiger partial charge in [-0.3, -0.25) is 14.6 Å². The molecule has 2 N–H and O–H groups in total. The third-order valence-corrected chi connectivity index (χ3v) is 5.75. The molecule has 6 heteroatoms. The maximum atomic E-state index is 12.5. The molecule has 1 heterocycles. The number of hydrogen-bond donors (Lipinski definition) is 2. The molecule has 1 unspecified atom stereocenters. The Bertz CT molecular complexity index is 832.